The first-order chi connectivity index (χ1) is 9.81. The maximum Gasteiger partial charge on any atom is 0.222 e. The quantitative estimate of drug-likeness (QED) is 0.876. The number of amides is 1. The van der Waals surface area contributed by atoms with Crippen molar-refractivity contribution < 1.29 is 4.79 Å². The fraction of sp³-hybridized carbons (Fsp3) is 0.375. The zero-order valence-corrected chi connectivity index (χ0v) is 13.9. The third-order valence-corrected chi connectivity index (χ3v) is 3.84. The van der Waals surface area contributed by atoms with Crippen LogP contribution in [0.25, 0.3) is 5.69 Å². The van der Waals surface area contributed by atoms with E-state index in [4.69, 9.17) is 0 Å². The lowest BCUT2D eigenvalue weighted by Crippen LogP contribution is -2.13. The van der Waals surface area contributed by atoms with Crippen LogP contribution in [0.1, 0.15) is 33.4 Å². The molecule has 5 heteroatoms. The Morgan fingerprint density at radius 2 is 1.86 bits per heavy atom. The maximum atomic E-state index is 11.4. The van der Waals surface area contributed by atoms with Gasteiger partial charge in [-0.2, -0.15) is 5.10 Å². The minimum Gasteiger partial charge on any atom is -0.311 e. The molecule has 0 bridgehead atoms. The largest absolute Gasteiger partial charge is 0.311 e. The maximum absolute atomic E-state index is 11.4. The molecule has 1 aromatic heterocycles. The van der Waals surface area contributed by atoms with Crippen LogP contribution in [0.5, 0.6) is 0 Å². The van der Waals surface area contributed by atoms with Gasteiger partial charge in [0.05, 0.1) is 11.4 Å². The van der Waals surface area contributed by atoms with Crippen molar-refractivity contribution in [3.63, 3.8) is 0 Å². The highest BCUT2D eigenvalue weighted by atomic mass is 32.2. The first-order valence-corrected chi connectivity index (χ1v) is 8.06. The normalized spacial score (nSPS) is 11.5. The lowest BCUT2D eigenvalue weighted by molar-refractivity contribution is -0.114. The van der Waals surface area contributed by atoms with Gasteiger partial charge >= 0.3 is 0 Å². The van der Waals surface area contributed by atoms with Crippen molar-refractivity contribution in [3.8, 4) is 5.69 Å². The van der Waals surface area contributed by atoms with Crippen LogP contribution in [-0.4, -0.2) is 21.9 Å². The summed E-state index contributed by atoms with van der Waals surface area (Å²) in [6, 6.07) is 10.1. The molecule has 4 nitrogen and oxygen atoms in total. The predicted molar refractivity (Wildman–Crippen MR) is 88.3 cm³/mol. The molecule has 0 aliphatic rings. The van der Waals surface area contributed by atoms with Crippen LogP contribution >= 0.6 is 11.8 Å². The third kappa shape index (κ3) is 3.67. The van der Waals surface area contributed by atoms with Crippen molar-refractivity contribution in [1.29, 1.82) is 0 Å². The third-order valence-electron chi connectivity index (χ3n) is 3.10. The molecule has 0 aliphatic heterocycles. The van der Waals surface area contributed by atoms with Crippen LogP contribution in [0.2, 0.25) is 0 Å². The second kappa shape index (κ2) is 5.93. The monoisotopic (exact) mass is 303 g/mol. The summed E-state index contributed by atoms with van der Waals surface area (Å²) in [6.45, 7) is 7.82. The van der Waals surface area contributed by atoms with Gasteiger partial charge in [0.2, 0.25) is 5.91 Å². The Hall–Kier alpha value is -1.75. The Bertz CT molecular complexity index is 639. The van der Waals surface area contributed by atoms with Gasteiger partial charge in [-0.15, -0.1) is 11.8 Å². The standard InChI is InChI=1S/C16H21N3OS/c1-11(20)17-15-10-14(16(2,3)4)18-19(15)12-6-8-13(21-5)9-7-12/h6-10H,1-5H3,(H,17,20). The average molecular weight is 303 g/mol. The molecule has 0 saturated carbocycles. The number of anilines is 1. The SMILES string of the molecule is CSc1ccc(-n2nc(C(C)(C)C)cc2NC(C)=O)cc1. The van der Waals surface area contributed by atoms with Gasteiger partial charge in [0.1, 0.15) is 5.82 Å². The average Bonchev–Trinajstić information content (AvgIpc) is 2.82. The van der Waals surface area contributed by atoms with Gasteiger partial charge in [0, 0.05) is 23.3 Å². The van der Waals surface area contributed by atoms with Crippen LogP contribution in [0.3, 0.4) is 0 Å². The summed E-state index contributed by atoms with van der Waals surface area (Å²) in [4.78, 5) is 12.6. The number of nitrogens with zero attached hydrogens (tertiary/aromatic N) is 2. The molecule has 2 rings (SSSR count). The molecule has 0 spiro atoms. The molecular weight excluding hydrogens is 282 g/mol. The molecule has 0 unspecified atom stereocenters. The lowest BCUT2D eigenvalue weighted by atomic mass is 9.92. The van der Waals surface area contributed by atoms with Crippen molar-refractivity contribution in [1.82, 2.24) is 9.78 Å². The van der Waals surface area contributed by atoms with Gasteiger partial charge in [-0.05, 0) is 30.5 Å². The summed E-state index contributed by atoms with van der Waals surface area (Å²) >= 11 is 1.70. The number of hydrogen-bond acceptors (Lipinski definition) is 3. The van der Waals surface area contributed by atoms with Crippen LogP contribution in [0.15, 0.2) is 35.2 Å². The molecule has 2 aromatic rings. The van der Waals surface area contributed by atoms with Crippen LogP contribution in [-0.2, 0) is 10.2 Å². The van der Waals surface area contributed by atoms with Gasteiger partial charge < -0.3 is 5.32 Å². The minimum atomic E-state index is -0.0997. The molecule has 0 aliphatic carbocycles. The Morgan fingerprint density at radius 1 is 1.24 bits per heavy atom. The number of aromatic nitrogens is 2. The van der Waals surface area contributed by atoms with Gasteiger partial charge in [0.25, 0.3) is 0 Å². The van der Waals surface area contributed by atoms with Crippen LogP contribution in [0, 0.1) is 0 Å². The molecule has 1 heterocycles. The molecule has 0 radical (unpaired) electrons. The highest BCUT2D eigenvalue weighted by molar-refractivity contribution is 7.98. The first-order valence-electron chi connectivity index (χ1n) is 6.84. The van der Waals surface area contributed by atoms with E-state index in [9.17, 15) is 4.79 Å². The van der Waals surface area contributed by atoms with Crippen molar-refractivity contribution in [2.45, 2.75) is 38.0 Å². The van der Waals surface area contributed by atoms with Gasteiger partial charge in [-0.1, -0.05) is 20.8 Å². The lowest BCUT2D eigenvalue weighted by Gasteiger charge is -2.14. The summed E-state index contributed by atoms with van der Waals surface area (Å²) in [5.74, 6) is 0.599. The van der Waals surface area contributed by atoms with Crippen molar-refractivity contribution in [2.75, 3.05) is 11.6 Å². The van der Waals surface area contributed by atoms with E-state index in [0.717, 1.165) is 11.4 Å². The molecule has 1 N–H and O–H groups in total. The molecule has 1 aromatic carbocycles. The zero-order valence-electron chi connectivity index (χ0n) is 13.1. The fourth-order valence-electron chi connectivity index (χ4n) is 1.94. The van der Waals surface area contributed by atoms with Crippen molar-refractivity contribution in [2.24, 2.45) is 0 Å². The first kappa shape index (κ1) is 15.6. The van der Waals surface area contributed by atoms with E-state index in [2.05, 4.69) is 43.3 Å². The van der Waals surface area contributed by atoms with E-state index in [1.807, 2.05) is 24.5 Å². The Morgan fingerprint density at radius 3 is 2.33 bits per heavy atom. The molecule has 0 fully saturated rings. The predicted octanol–water partition coefficient (Wildman–Crippen LogP) is 3.85. The highest BCUT2D eigenvalue weighted by Gasteiger charge is 2.20. The molecule has 21 heavy (non-hydrogen) atoms. The number of nitrogens with one attached hydrogen (secondary N) is 1. The zero-order chi connectivity index (χ0) is 15.6. The van der Waals surface area contributed by atoms with Gasteiger partial charge in [0.15, 0.2) is 0 Å². The van der Waals surface area contributed by atoms with E-state index in [0.29, 0.717) is 5.82 Å². The summed E-state index contributed by atoms with van der Waals surface area (Å²) < 4.78 is 1.78. The highest BCUT2D eigenvalue weighted by Crippen LogP contribution is 2.27. The molecule has 1 amide bonds. The second-order valence-electron chi connectivity index (χ2n) is 5.96. The van der Waals surface area contributed by atoms with E-state index < -0.39 is 0 Å². The van der Waals surface area contributed by atoms with Crippen molar-refractivity contribution >= 4 is 23.5 Å². The Kier molecular flexibility index (Phi) is 4.42. The van der Waals surface area contributed by atoms with E-state index >= 15 is 0 Å². The smallest absolute Gasteiger partial charge is 0.222 e. The Balaban J connectivity index is 2.48. The van der Waals surface area contributed by atoms with Gasteiger partial charge in [-0.3, -0.25) is 4.79 Å². The minimum absolute atomic E-state index is 0.0717. The number of carbonyl (C=O) groups excluding carboxylic acids is 1. The number of benzene rings is 1. The molecule has 0 saturated heterocycles. The number of rotatable bonds is 3. The fourth-order valence-corrected chi connectivity index (χ4v) is 2.35. The summed E-state index contributed by atoms with van der Waals surface area (Å²) in [5.41, 5.74) is 1.81. The van der Waals surface area contributed by atoms with Crippen LogP contribution in [0.4, 0.5) is 5.82 Å². The summed E-state index contributed by atoms with van der Waals surface area (Å²) in [7, 11) is 0. The van der Waals surface area contributed by atoms with E-state index in [1.165, 1.54) is 11.8 Å². The molecular formula is C16H21N3OS. The van der Waals surface area contributed by atoms with Crippen LogP contribution < -0.4 is 5.32 Å². The topological polar surface area (TPSA) is 46.9 Å². The summed E-state index contributed by atoms with van der Waals surface area (Å²) in [5, 5.41) is 7.50. The summed E-state index contributed by atoms with van der Waals surface area (Å²) in [6.07, 6.45) is 2.04. The number of hydrogen-bond donors (Lipinski definition) is 1. The molecule has 112 valence electrons. The number of thioether (sulfide) groups is 1. The number of carbonyl (C=O) groups is 1. The molecule has 0 atom stereocenters. The van der Waals surface area contributed by atoms with E-state index in [-0.39, 0.29) is 11.3 Å². The van der Waals surface area contributed by atoms with Gasteiger partial charge in [-0.25, -0.2) is 4.68 Å². The van der Waals surface area contributed by atoms with Crippen molar-refractivity contribution in [3.05, 3.63) is 36.0 Å². The van der Waals surface area contributed by atoms with E-state index in [1.54, 1.807) is 16.4 Å². The Labute approximate surface area is 129 Å². The second-order valence-corrected chi connectivity index (χ2v) is 6.84.